The summed E-state index contributed by atoms with van der Waals surface area (Å²) in [6.07, 6.45) is 4.47. The quantitative estimate of drug-likeness (QED) is 0.895. The van der Waals surface area contributed by atoms with Gasteiger partial charge in [0.05, 0.1) is 6.20 Å². The van der Waals surface area contributed by atoms with Gasteiger partial charge >= 0.3 is 0 Å². The second kappa shape index (κ2) is 9.67. The number of nitrogens with zero attached hydrogens (tertiary/aromatic N) is 2. The average molecular weight is 372 g/mol. The maximum atomic E-state index is 12.2. The van der Waals surface area contributed by atoms with Crippen molar-refractivity contribution in [1.29, 1.82) is 0 Å². The van der Waals surface area contributed by atoms with Crippen LogP contribution < -0.4 is 5.73 Å². The van der Waals surface area contributed by atoms with Gasteiger partial charge in [-0.3, -0.25) is 4.79 Å². The normalized spacial score (nSPS) is 14.6. The number of hydrogen-bond donors (Lipinski definition) is 1. The molecule has 24 heavy (non-hydrogen) atoms. The summed E-state index contributed by atoms with van der Waals surface area (Å²) in [5.41, 5.74) is 6.85. The Morgan fingerprint density at radius 3 is 2.54 bits per heavy atom. The average Bonchev–Trinajstić information content (AvgIpc) is 3.03. The van der Waals surface area contributed by atoms with E-state index in [-0.39, 0.29) is 36.8 Å². The Morgan fingerprint density at radius 2 is 1.88 bits per heavy atom. The van der Waals surface area contributed by atoms with Crippen molar-refractivity contribution in [3.63, 3.8) is 0 Å². The van der Waals surface area contributed by atoms with E-state index in [1.807, 2.05) is 35.2 Å². The topological polar surface area (TPSA) is 72.4 Å². The summed E-state index contributed by atoms with van der Waals surface area (Å²) < 4.78 is 5.72. The lowest BCUT2D eigenvalue weighted by atomic mass is 10.1. The fourth-order valence-electron chi connectivity index (χ4n) is 2.68. The molecule has 0 aliphatic carbocycles. The first-order valence-electron chi connectivity index (χ1n) is 7.76. The van der Waals surface area contributed by atoms with E-state index in [0.29, 0.717) is 18.7 Å². The minimum Gasteiger partial charge on any atom is -0.441 e. The van der Waals surface area contributed by atoms with Gasteiger partial charge in [0.15, 0.2) is 11.7 Å². The molecular weight excluding hydrogens is 349 g/mol. The third-order valence-electron chi connectivity index (χ3n) is 4.06. The molecule has 2 N–H and O–H groups in total. The number of carbonyl (C=O) groups is 1. The van der Waals surface area contributed by atoms with E-state index < -0.39 is 0 Å². The molecule has 3 rings (SSSR count). The number of amides is 1. The van der Waals surface area contributed by atoms with Crippen molar-refractivity contribution in [2.75, 3.05) is 13.1 Å². The van der Waals surface area contributed by atoms with Gasteiger partial charge < -0.3 is 15.1 Å². The molecule has 0 bridgehead atoms. The van der Waals surface area contributed by atoms with Gasteiger partial charge in [-0.1, -0.05) is 30.3 Å². The first kappa shape index (κ1) is 20.5. The van der Waals surface area contributed by atoms with E-state index in [9.17, 15) is 4.79 Å². The molecule has 1 aromatic carbocycles. The van der Waals surface area contributed by atoms with Gasteiger partial charge in [0, 0.05) is 37.5 Å². The predicted octanol–water partition coefficient (Wildman–Crippen LogP) is 3.07. The third kappa shape index (κ3) is 5.23. The van der Waals surface area contributed by atoms with Crippen LogP contribution in [-0.2, 0) is 11.2 Å². The number of halogens is 2. The lowest BCUT2D eigenvalue weighted by Crippen LogP contribution is -2.42. The smallest absolute Gasteiger partial charge is 0.223 e. The van der Waals surface area contributed by atoms with E-state index in [0.717, 1.165) is 37.3 Å². The Labute approximate surface area is 154 Å². The molecule has 5 nitrogen and oxygen atoms in total. The second-order valence-electron chi connectivity index (χ2n) is 5.70. The number of piperidine rings is 1. The molecule has 0 spiro atoms. The van der Waals surface area contributed by atoms with Gasteiger partial charge in [-0.2, -0.15) is 0 Å². The van der Waals surface area contributed by atoms with Crippen molar-refractivity contribution >= 4 is 30.7 Å². The Morgan fingerprint density at radius 1 is 1.21 bits per heavy atom. The molecule has 0 unspecified atom stereocenters. The largest absolute Gasteiger partial charge is 0.441 e. The zero-order valence-corrected chi connectivity index (χ0v) is 15.0. The van der Waals surface area contributed by atoms with E-state index >= 15 is 0 Å². The number of rotatable bonds is 4. The summed E-state index contributed by atoms with van der Waals surface area (Å²) >= 11 is 0. The zero-order chi connectivity index (χ0) is 15.4. The van der Waals surface area contributed by atoms with Crippen LogP contribution in [0.15, 0.2) is 40.9 Å². The van der Waals surface area contributed by atoms with Gasteiger partial charge in [0.1, 0.15) is 0 Å². The minimum atomic E-state index is 0. The first-order chi connectivity index (χ1) is 10.7. The molecule has 0 radical (unpaired) electrons. The molecule has 0 atom stereocenters. The van der Waals surface area contributed by atoms with Gasteiger partial charge in [-0.05, 0) is 12.8 Å². The lowest BCUT2D eigenvalue weighted by molar-refractivity contribution is -0.132. The maximum Gasteiger partial charge on any atom is 0.223 e. The fourth-order valence-corrected chi connectivity index (χ4v) is 2.68. The molecule has 1 aliphatic rings. The van der Waals surface area contributed by atoms with E-state index in [2.05, 4.69) is 4.98 Å². The highest BCUT2D eigenvalue weighted by molar-refractivity contribution is 5.85. The van der Waals surface area contributed by atoms with Crippen LogP contribution in [0.1, 0.15) is 25.2 Å². The van der Waals surface area contributed by atoms with Crippen LogP contribution in [0, 0.1) is 0 Å². The van der Waals surface area contributed by atoms with Crippen LogP contribution in [0.2, 0.25) is 0 Å². The Balaban J connectivity index is 0.00000144. The standard InChI is InChI=1S/C17H21N3O2.2ClH/c18-14-8-10-20(11-9-14)17(21)7-6-16-19-12-15(22-16)13-4-2-1-3-5-13;;/h1-5,12,14H,6-11,18H2;2*1H. The number of oxazole rings is 1. The van der Waals surface area contributed by atoms with Crippen molar-refractivity contribution in [3.8, 4) is 11.3 Å². The van der Waals surface area contributed by atoms with Crippen LogP contribution >= 0.6 is 24.8 Å². The Bertz CT molecular complexity index is 626. The van der Waals surface area contributed by atoms with Crippen LogP contribution in [0.3, 0.4) is 0 Å². The van der Waals surface area contributed by atoms with Crippen molar-refractivity contribution in [1.82, 2.24) is 9.88 Å². The molecule has 2 aromatic rings. The number of aromatic nitrogens is 1. The number of carbonyl (C=O) groups excluding carboxylic acids is 1. The molecule has 132 valence electrons. The van der Waals surface area contributed by atoms with E-state index in [4.69, 9.17) is 10.2 Å². The summed E-state index contributed by atoms with van der Waals surface area (Å²) in [4.78, 5) is 18.3. The summed E-state index contributed by atoms with van der Waals surface area (Å²) in [6.45, 7) is 1.53. The first-order valence-corrected chi connectivity index (χ1v) is 7.76. The van der Waals surface area contributed by atoms with Crippen molar-refractivity contribution in [3.05, 3.63) is 42.4 Å². The molecule has 7 heteroatoms. The second-order valence-corrected chi connectivity index (χ2v) is 5.70. The predicted molar refractivity (Wildman–Crippen MR) is 98.5 cm³/mol. The Hall–Kier alpha value is -1.56. The van der Waals surface area contributed by atoms with Gasteiger partial charge in [-0.15, -0.1) is 24.8 Å². The SMILES string of the molecule is Cl.Cl.NC1CCN(C(=O)CCc2ncc(-c3ccccc3)o2)CC1. The molecule has 1 fully saturated rings. The lowest BCUT2D eigenvalue weighted by Gasteiger charge is -2.30. The van der Waals surface area contributed by atoms with Crippen molar-refractivity contribution in [2.45, 2.75) is 31.7 Å². The van der Waals surface area contributed by atoms with Crippen LogP contribution in [0.5, 0.6) is 0 Å². The highest BCUT2D eigenvalue weighted by Gasteiger charge is 2.20. The van der Waals surface area contributed by atoms with Crippen LogP contribution in [-0.4, -0.2) is 34.9 Å². The number of aryl methyl sites for hydroxylation is 1. The zero-order valence-electron chi connectivity index (χ0n) is 13.4. The van der Waals surface area contributed by atoms with E-state index in [1.54, 1.807) is 6.20 Å². The Kier molecular flexibility index (Phi) is 8.25. The summed E-state index contributed by atoms with van der Waals surface area (Å²) in [6, 6.07) is 10.1. The van der Waals surface area contributed by atoms with Crippen molar-refractivity contribution < 1.29 is 9.21 Å². The van der Waals surface area contributed by atoms with Crippen LogP contribution in [0.4, 0.5) is 0 Å². The highest BCUT2D eigenvalue weighted by Crippen LogP contribution is 2.20. The van der Waals surface area contributed by atoms with Gasteiger partial charge in [0.2, 0.25) is 5.91 Å². The number of hydrogen-bond acceptors (Lipinski definition) is 4. The molecule has 1 aromatic heterocycles. The van der Waals surface area contributed by atoms with Crippen LogP contribution in [0.25, 0.3) is 11.3 Å². The highest BCUT2D eigenvalue weighted by atomic mass is 35.5. The van der Waals surface area contributed by atoms with Crippen molar-refractivity contribution in [2.24, 2.45) is 5.73 Å². The fraction of sp³-hybridized carbons (Fsp3) is 0.412. The summed E-state index contributed by atoms with van der Waals surface area (Å²) in [7, 11) is 0. The molecule has 0 saturated carbocycles. The molecule has 2 heterocycles. The van der Waals surface area contributed by atoms with Gasteiger partial charge in [-0.25, -0.2) is 4.98 Å². The summed E-state index contributed by atoms with van der Waals surface area (Å²) in [5.74, 6) is 1.51. The van der Waals surface area contributed by atoms with E-state index in [1.165, 1.54) is 0 Å². The maximum absolute atomic E-state index is 12.2. The molecule has 1 aliphatic heterocycles. The summed E-state index contributed by atoms with van der Waals surface area (Å²) in [5, 5.41) is 0. The molecule has 1 saturated heterocycles. The third-order valence-corrected chi connectivity index (χ3v) is 4.06. The number of benzene rings is 1. The number of likely N-dealkylation sites (tertiary alicyclic amines) is 1. The monoisotopic (exact) mass is 371 g/mol. The van der Waals surface area contributed by atoms with Gasteiger partial charge in [0.25, 0.3) is 0 Å². The number of nitrogens with two attached hydrogens (primary N) is 1. The molecular formula is C17H23Cl2N3O2. The molecule has 1 amide bonds. The minimum absolute atomic E-state index is 0.